The predicted molar refractivity (Wildman–Crippen MR) is 107 cm³/mol. The van der Waals surface area contributed by atoms with E-state index in [9.17, 15) is 4.79 Å². The molecule has 1 aliphatic carbocycles. The van der Waals surface area contributed by atoms with Crippen LogP contribution in [-0.2, 0) is 9.53 Å². The average molecular weight is 343 g/mol. The predicted octanol–water partition coefficient (Wildman–Crippen LogP) is 5.27. The summed E-state index contributed by atoms with van der Waals surface area (Å²) in [6.45, 7) is 3.95. The number of methoxy groups -OCH3 is 1. The van der Waals surface area contributed by atoms with Crippen LogP contribution in [0, 0.1) is 0 Å². The Morgan fingerprint density at radius 3 is 2.73 bits per heavy atom. The number of hydrogen-bond donors (Lipinski definition) is 0. The van der Waals surface area contributed by atoms with Gasteiger partial charge in [0, 0.05) is 17.7 Å². The summed E-state index contributed by atoms with van der Waals surface area (Å²) in [5.41, 5.74) is 6.13. The molecule has 0 amide bonds. The SMILES string of the molecule is COC(=O)/C=C(\C)c1cnc2ccc(C3=C/C=C\C(C)=C/C=C\3)cc2c1. The second-order valence-corrected chi connectivity index (χ2v) is 6.23. The van der Waals surface area contributed by atoms with Crippen molar-refractivity contribution in [3.63, 3.8) is 0 Å². The zero-order chi connectivity index (χ0) is 18.5. The Morgan fingerprint density at radius 1 is 1.12 bits per heavy atom. The van der Waals surface area contributed by atoms with Crippen molar-refractivity contribution in [2.24, 2.45) is 0 Å². The number of esters is 1. The average Bonchev–Trinajstić information content (AvgIpc) is 2.63. The number of carbonyl (C=O) groups excluding carboxylic acids is 1. The number of fused-ring (bicyclic) bond motifs is 1. The van der Waals surface area contributed by atoms with Crippen LogP contribution in [-0.4, -0.2) is 18.1 Å². The Morgan fingerprint density at radius 2 is 1.92 bits per heavy atom. The lowest BCUT2D eigenvalue weighted by Gasteiger charge is -2.07. The van der Waals surface area contributed by atoms with Gasteiger partial charge in [0.2, 0.25) is 0 Å². The van der Waals surface area contributed by atoms with E-state index in [2.05, 4.69) is 60.5 Å². The molecule has 1 aromatic heterocycles. The van der Waals surface area contributed by atoms with E-state index < -0.39 is 0 Å². The van der Waals surface area contributed by atoms with Crippen molar-refractivity contribution in [1.29, 1.82) is 0 Å². The van der Waals surface area contributed by atoms with Crippen LogP contribution in [0.5, 0.6) is 0 Å². The molecule has 2 aromatic rings. The fourth-order valence-electron chi connectivity index (χ4n) is 2.76. The van der Waals surface area contributed by atoms with Gasteiger partial charge >= 0.3 is 5.97 Å². The summed E-state index contributed by atoms with van der Waals surface area (Å²) >= 11 is 0. The Kier molecular flexibility index (Phi) is 5.28. The molecule has 0 fully saturated rings. The molecule has 1 heterocycles. The molecule has 0 atom stereocenters. The highest BCUT2D eigenvalue weighted by atomic mass is 16.5. The molecular weight excluding hydrogens is 322 g/mol. The molecule has 3 heteroatoms. The van der Waals surface area contributed by atoms with E-state index >= 15 is 0 Å². The van der Waals surface area contributed by atoms with Crippen molar-refractivity contribution in [1.82, 2.24) is 4.98 Å². The molecule has 130 valence electrons. The van der Waals surface area contributed by atoms with Gasteiger partial charge in [0.15, 0.2) is 0 Å². The first-order chi connectivity index (χ1) is 12.6. The maximum atomic E-state index is 11.5. The standard InChI is InChI=1S/C23H21NO2/c1-16-6-4-8-18(9-5-7-16)19-10-11-22-20(13-19)14-21(15-24-22)17(2)12-23(25)26-3/h4-15H,1-3H3/b6-4-,7-5?,8-4?,9-5-,16-6?,16-7-,17-12+,18-8+,18-9?. The molecule has 3 nitrogen and oxygen atoms in total. The van der Waals surface area contributed by atoms with Crippen LogP contribution in [0.1, 0.15) is 25.0 Å². The van der Waals surface area contributed by atoms with Crippen LogP contribution in [0.25, 0.3) is 22.0 Å². The van der Waals surface area contributed by atoms with Crippen LogP contribution in [0.4, 0.5) is 0 Å². The third kappa shape index (κ3) is 4.06. The van der Waals surface area contributed by atoms with Crippen LogP contribution >= 0.6 is 0 Å². The number of benzene rings is 1. The van der Waals surface area contributed by atoms with Crippen molar-refractivity contribution in [2.75, 3.05) is 7.11 Å². The highest BCUT2D eigenvalue weighted by Crippen LogP contribution is 2.25. The lowest BCUT2D eigenvalue weighted by Crippen LogP contribution is -1.96. The summed E-state index contributed by atoms with van der Waals surface area (Å²) in [7, 11) is 1.37. The molecule has 26 heavy (non-hydrogen) atoms. The molecule has 0 saturated carbocycles. The van der Waals surface area contributed by atoms with Crippen molar-refractivity contribution in [3.05, 3.63) is 89.7 Å². The van der Waals surface area contributed by atoms with Crippen LogP contribution < -0.4 is 0 Å². The van der Waals surface area contributed by atoms with Crippen molar-refractivity contribution < 1.29 is 9.53 Å². The number of hydrogen-bond acceptors (Lipinski definition) is 3. The summed E-state index contributed by atoms with van der Waals surface area (Å²) in [5, 5.41) is 1.03. The first-order valence-electron chi connectivity index (χ1n) is 8.47. The van der Waals surface area contributed by atoms with Gasteiger partial charge in [-0.25, -0.2) is 4.79 Å². The summed E-state index contributed by atoms with van der Waals surface area (Å²) in [6.07, 6.45) is 15.8. The first-order valence-corrected chi connectivity index (χ1v) is 8.47. The topological polar surface area (TPSA) is 39.2 Å². The molecule has 0 unspecified atom stereocenters. The quantitative estimate of drug-likeness (QED) is 0.563. The smallest absolute Gasteiger partial charge is 0.330 e. The summed E-state index contributed by atoms with van der Waals surface area (Å²) in [4.78, 5) is 16.0. The normalized spacial score (nSPS) is 21.0. The fourth-order valence-corrected chi connectivity index (χ4v) is 2.76. The molecule has 0 N–H and O–H groups in total. The van der Waals surface area contributed by atoms with Gasteiger partial charge in [-0.3, -0.25) is 4.98 Å². The van der Waals surface area contributed by atoms with Gasteiger partial charge in [0.05, 0.1) is 12.6 Å². The van der Waals surface area contributed by atoms with E-state index in [4.69, 9.17) is 4.74 Å². The maximum Gasteiger partial charge on any atom is 0.330 e. The third-order valence-corrected chi connectivity index (χ3v) is 4.28. The maximum absolute atomic E-state index is 11.5. The Balaban J connectivity index is 2.00. The van der Waals surface area contributed by atoms with Crippen molar-refractivity contribution in [3.8, 4) is 0 Å². The Bertz CT molecular complexity index is 1000. The van der Waals surface area contributed by atoms with Gasteiger partial charge < -0.3 is 4.74 Å². The molecular formula is C23H21NO2. The molecule has 0 spiro atoms. The highest BCUT2D eigenvalue weighted by molar-refractivity contribution is 5.93. The van der Waals surface area contributed by atoms with Gasteiger partial charge in [0.1, 0.15) is 0 Å². The van der Waals surface area contributed by atoms with Gasteiger partial charge in [-0.2, -0.15) is 0 Å². The number of aromatic nitrogens is 1. The van der Waals surface area contributed by atoms with E-state index in [0.717, 1.165) is 33.2 Å². The van der Waals surface area contributed by atoms with Gasteiger partial charge in [-0.05, 0) is 54.3 Å². The minimum absolute atomic E-state index is 0.365. The number of allylic oxidation sites excluding steroid dienone is 9. The first kappa shape index (κ1) is 17.6. The molecule has 1 aromatic carbocycles. The number of nitrogens with zero attached hydrogens (tertiary/aromatic N) is 1. The second kappa shape index (κ2) is 7.79. The van der Waals surface area contributed by atoms with Crippen molar-refractivity contribution in [2.45, 2.75) is 13.8 Å². The minimum Gasteiger partial charge on any atom is -0.466 e. The second-order valence-electron chi connectivity index (χ2n) is 6.23. The van der Waals surface area contributed by atoms with E-state index in [1.807, 2.05) is 19.1 Å². The van der Waals surface area contributed by atoms with E-state index in [1.54, 1.807) is 6.20 Å². The van der Waals surface area contributed by atoms with Crippen LogP contribution in [0.15, 0.2) is 78.6 Å². The molecule has 0 radical (unpaired) electrons. The lowest BCUT2D eigenvalue weighted by molar-refractivity contribution is -0.134. The third-order valence-electron chi connectivity index (χ3n) is 4.28. The Hall–Kier alpha value is -3.20. The monoisotopic (exact) mass is 343 g/mol. The van der Waals surface area contributed by atoms with Crippen molar-refractivity contribution >= 4 is 28.0 Å². The zero-order valence-electron chi connectivity index (χ0n) is 15.2. The highest BCUT2D eigenvalue weighted by Gasteiger charge is 2.05. The molecule has 0 aliphatic heterocycles. The van der Waals surface area contributed by atoms with Gasteiger partial charge in [0.25, 0.3) is 0 Å². The molecule has 1 aliphatic rings. The lowest BCUT2D eigenvalue weighted by atomic mass is 9.99. The van der Waals surface area contributed by atoms with Gasteiger partial charge in [-0.15, -0.1) is 0 Å². The largest absolute Gasteiger partial charge is 0.466 e. The summed E-state index contributed by atoms with van der Waals surface area (Å²) in [6, 6.07) is 8.27. The number of ether oxygens (including phenoxy) is 1. The fraction of sp³-hybridized carbons (Fsp3) is 0.130. The number of rotatable bonds is 3. The molecule has 0 saturated heterocycles. The minimum atomic E-state index is -0.365. The van der Waals surface area contributed by atoms with E-state index in [0.29, 0.717) is 0 Å². The Labute approximate surface area is 153 Å². The van der Waals surface area contributed by atoms with Crippen LogP contribution in [0.3, 0.4) is 0 Å². The zero-order valence-corrected chi connectivity index (χ0v) is 15.2. The van der Waals surface area contributed by atoms with Crippen LogP contribution in [0.2, 0.25) is 0 Å². The summed E-state index contributed by atoms with van der Waals surface area (Å²) < 4.78 is 4.70. The van der Waals surface area contributed by atoms with E-state index in [1.165, 1.54) is 18.8 Å². The van der Waals surface area contributed by atoms with E-state index in [-0.39, 0.29) is 5.97 Å². The number of carbonyl (C=O) groups is 1. The molecule has 3 rings (SSSR count). The number of pyridine rings is 1. The molecule has 0 bridgehead atoms. The van der Waals surface area contributed by atoms with Gasteiger partial charge in [-0.1, -0.05) is 48.1 Å². The summed E-state index contributed by atoms with van der Waals surface area (Å²) in [5.74, 6) is -0.365.